The number of hydrogen-bond donors (Lipinski definition) is 0. The van der Waals surface area contributed by atoms with E-state index >= 15 is 0 Å². The molecule has 0 radical (unpaired) electrons. The monoisotopic (exact) mass is 404 g/mol. The van der Waals surface area contributed by atoms with Crippen molar-refractivity contribution in [1.29, 1.82) is 0 Å². The average molecular weight is 404 g/mol. The lowest BCUT2D eigenvalue weighted by Crippen LogP contribution is -2.07. The Morgan fingerprint density at radius 3 is 2.03 bits per heavy atom. The molecule has 0 amide bonds. The van der Waals surface area contributed by atoms with Gasteiger partial charge in [0.2, 0.25) is 5.75 Å². The molecule has 0 aliphatic rings. The molecular weight excluding hydrogens is 380 g/mol. The van der Waals surface area contributed by atoms with Crippen LogP contribution in [0, 0.1) is 0 Å². The van der Waals surface area contributed by atoms with Gasteiger partial charge in [-0.25, -0.2) is 9.50 Å². The van der Waals surface area contributed by atoms with Crippen molar-refractivity contribution in [2.45, 2.75) is 0 Å². The number of ether oxygens (including phenoxy) is 3. The van der Waals surface area contributed by atoms with E-state index in [0.717, 1.165) is 33.8 Å². The van der Waals surface area contributed by atoms with Crippen LogP contribution in [0.5, 0.6) is 17.2 Å². The van der Waals surface area contributed by atoms with Crippen LogP contribution in [0.15, 0.2) is 54.7 Å². The third-order valence-corrected chi connectivity index (χ3v) is 5.00. The molecule has 0 spiro atoms. The highest BCUT2D eigenvalue weighted by Crippen LogP contribution is 2.41. The molecule has 0 saturated carbocycles. The number of methoxy groups -OCH3 is 3. The van der Waals surface area contributed by atoms with Crippen molar-refractivity contribution in [3.63, 3.8) is 0 Å². The summed E-state index contributed by atoms with van der Waals surface area (Å²) in [5.74, 6) is 1.73. The number of benzene rings is 2. The van der Waals surface area contributed by atoms with Gasteiger partial charge in [0, 0.05) is 43.2 Å². The van der Waals surface area contributed by atoms with E-state index in [9.17, 15) is 0 Å². The lowest BCUT2D eigenvalue weighted by molar-refractivity contribution is 0.324. The summed E-state index contributed by atoms with van der Waals surface area (Å²) in [4.78, 5) is 6.55. The van der Waals surface area contributed by atoms with Crippen LogP contribution >= 0.6 is 0 Å². The number of nitrogens with zero attached hydrogens (tertiary/aromatic N) is 4. The van der Waals surface area contributed by atoms with Crippen molar-refractivity contribution < 1.29 is 14.2 Å². The van der Waals surface area contributed by atoms with Gasteiger partial charge in [0.15, 0.2) is 17.1 Å². The fourth-order valence-corrected chi connectivity index (χ4v) is 3.41. The van der Waals surface area contributed by atoms with Gasteiger partial charge in [-0.15, -0.1) is 0 Å². The highest BCUT2D eigenvalue weighted by atomic mass is 16.5. The normalized spacial score (nSPS) is 10.8. The molecule has 154 valence electrons. The highest BCUT2D eigenvalue weighted by Gasteiger charge is 2.17. The first-order chi connectivity index (χ1) is 14.5. The molecule has 4 aromatic rings. The van der Waals surface area contributed by atoms with Gasteiger partial charge in [-0.05, 0) is 30.3 Å². The Bertz CT molecular complexity index is 1160. The summed E-state index contributed by atoms with van der Waals surface area (Å²) in [6, 6.07) is 16.0. The highest BCUT2D eigenvalue weighted by molar-refractivity contribution is 5.72. The quantitative estimate of drug-likeness (QED) is 0.481. The molecule has 0 bridgehead atoms. The van der Waals surface area contributed by atoms with Crippen molar-refractivity contribution in [1.82, 2.24) is 14.6 Å². The molecule has 2 aromatic carbocycles. The molecule has 0 aliphatic carbocycles. The summed E-state index contributed by atoms with van der Waals surface area (Å²) in [6.07, 6.45) is 1.77. The molecule has 0 atom stereocenters. The van der Waals surface area contributed by atoms with Crippen LogP contribution in [-0.2, 0) is 0 Å². The van der Waals surface area contributed by atoms with Crippen LogP contribution in [0.3, 0.4) is 0 Å². The van der Waals surface area contributed by atoms with Gasteiger partial charge < -0.3 is 19.1 Å². The Kier molecular flexibility index (Phi) is 5.18. The smallest absolute Gasteiger partial charge is 0.203 e. The van der Waals surface area contributed by atoms with Crippen molar-refractivity contribution in [2.75, 3.05) is 40.3 Å². The predicted molar refractivity (Wildman–Crippen MR) is 118 cm³/mol. The maximum Gasteiger partial charge on any atom is 0.203 e. The molecule has 7 heteroatoms. The summed E-state index contributed by atoms with van der Waals surface area (Å²) in [5, 5.41) is 4.82. The van der Waals surface area contributed by atoms with Gasteiger partial charge >= 0.3 is 0 Å². The number of fused-ring (bicyclic) bond motifs is 1. The molecule has 0 saturated heterocycles. The Morgan fingerprint density at radius 2 is 1.47 bits per heavy atom. The Hall–Kier alpha value is -3.74. The van der Waals surface area contributed by atoms with Crippen LogP contribution in [-0.4, -0.2) is 50.0 Å². The minimum absolute atomic E-state index is 0.552. The minimum Gasteiger partial charge on any atom is -0.493 e. The molecule has 0 aliphatic heterocycles. The maximum absolute atomic E-state index is 5.50. The SMILES string of the molecule is COc1cc(-c2ccnc3cc(-c4ccc(N(C)C)cc4)nn23)cc(OC)c1OC. The molecule has 0 unspecified atom stereocenters. The largest absolute Gasteiger partial charge is 0.493 e. The van der Waals surface area contributed by atoms with E-state index in [2.05, 4.69) is 34.1 Å². The Morgan fingerprint density at radius 1 is 0.800 bits per heavy atom. The molecular formula is C23H24N4O3. The predicted octanol–water partition coefficient (Wildman–Crippen LogP) is 4.16. The van der Waals surface area contributed by atoms with E-state index in [1.165, 1.54) is 0 Å². The summed E-state index contributed by atoms with van der Waals surface area (Å²) >= 11 is 0. The summed E-state index contributed by atoms with van der Waals surface area (Å²) < 4.78 is 18.3. The molecule has 7 nitrogen and oxygen atoms in total. The molecule has 30 heavy (non-hydrogen) atoms. The summed E-state index contributed by atoms with van der Waals surface area (Å²) in [6.45, 7) is 0. The number of hydrogen-bond acceptors (Lipinski definition) is 6. The van der Waals surface area contributed by atoms with Gasteiger partial charge in [0.05, 0.1) is 32.7 Å². The number of aromatic nitrogens is 3. The van der Waals surface area contributed by atoms with Crippen molar-refractivity contribution in [3.8, 4) is 39.8 Å². The van der Waals surface area contributed by atoms with Gasteiger partial charge in [-0.1, -0.05) is 12.1 Å². The second-order valence-electron chi connectivity index (χ2n) is 6.98. The Labute approximate surface area is 175 Å². The third kappa shape index (κ3) is 3.39. The lowest BCUT2D eigenvalue weighted by atomic mass is 10.1. The maximum atomic E-state index is 5.50. The van der Waals surface area contributed by atoms with E-state index in [1.54, 1.807) is 27.5 Å². The summed E-state index contributed by atoms with van der Waals surface area (Å²) in [5.41, 5.74) is 5.53. The van der Waals surface area contributed by atoms with E-state index in [4.69, 9.17) is 19.3 Å². The van der Waals surface area contributed by atoms with Crippen molar-refractivity contribution in [3.05, 3.63) is 54.7 Å². The topological polar surface area (TPSA) is 61.1 Å². The lowest BCUT2D eigenvalue weighted by Gasteiger charge is -2.14. The van der Waals surface area contributed by atoms with Gasteiger partial charge in [-0.3, -0.25) is 0 Å². The fourth-order valence-electron chi connectivity index (χ4n) is 3.41. The van der Waals surface area contributed by atoms with E-state index < -0.39 is 0 Å². The molecule has 4 rings (SSSR count). The Balaban J connectivity index is 1.83. The van der Waals surface area contributed by atoms with Crippen molar-refractivity contribution >= 4 is 11.3 Å². The molecule has 2 aromatic heterocycles. The standard InChI is InChI=1S/C23H24N4O3/c1-26(2)17-8-6-15(7-9-17)18-14-22-24-11-10-19(27(22)25-18)16-12-20(28-3)23(30-5)21(13-16)29-4/h6-14H,1-5H3. The van der Waals surface area contributed by atoms with Crippen molar-refractivity contribution in [2.24, 2.45) is 0 Å². The zero-order chi connectivity index (χ0) is 21.3. The zero-order valence-electron chi connectivity index (χ0n) is 17.7. The van der Waals surface area contributed by atoms with E-state index in [-0.39, 0.29) is 0 Å². The van der Waals surface area contributed by atoms with Crippen LogP contribution in [0.25, 0.3) is 28.2 Å². The molecule has 0 fully saturated rings. The van der Waals surface area contributed by atoms with Gasteiger partial charge in [0.25, 0.3) is 0 Å². The summed E-state index contributed by atoms with van der Waals surface area (Å²) in [7, 11) is 8.84. The first-order valence-corrected chi connectivity index (χ1v) is 9.48. The number of rotatable bonds is 6. The van der Waals surface area contributed by atoms with E-state index in [0.29, 0.717) is 17.2 Å². The molecule has 0 N–H and O–H groups in total. The second-order valence-corrected chi connectivity index (χ2v) is 6.98. The van der Waals surface area contributed by atoms with Gasteiger partial charge in [-0.2, -0.15) is 5.10 Å². The fraction of sp³-hybridized carbons (Fsp3) is 0.217. The first-order valence-electron chi connectivity index (χ1n) is 9.48. The number of anilines is 1. The zero-order valence-corrected chi connectivity index (χ0v) is 17.7. The minimum atomic E-state index is 0.552. The van der Waals surface area contributed by atoms with Crippen LogP contribution in [0.4, 0.5) is 5.69 Å². The van der Waals surface area contributed by atoms with Crippen LogP contribution in [0.2, 0.25) is 0 Å². The van der Waals surface area contributed by atoms with Crippen LogP contribution in [0.1, 0.15) is 0 Å². The third-order valence-electron chi connectivity index (χ3n) is 5.00. The average Bonchev–Trinajstić information content (AvgIpc) is 3.22. The van der Waals surface area contributed by atoms with Gasteiger partial charge in [0.1, 0.15) is 0 Å². The first kappa shape index (κ1) is 19.6. The second kappa shape index (κ2) is 7.94. The van der Waals surface area contributed by atoms with Crippen LogP contribution < -0.4 is 19.1 Å². The molecule has 2 heterocycles. The van der Waals surface area contributed by atoms with E-state index in [1.807, 2.05) is 42.9 Å².